The van der Waals surface area contributed by atoms with E-state index in [1.165, 1.54) is 5.56 Å². The molecule has 1 aliphatic carbocycles. The fourth-order valence-electron chi connectivity index (χ4n) is 5.70. The maximum atomic E-state index is 13.0. The number of halogens is 3. The highest BCUT2D eigenvalue weighted by Gasteiger charge is 2.48. The number of alkyl halides is 3. The summed E-state index contributed by atoms with van der Waals surface area (Å²) in [6.07, 6.45) is -0.0989. The number of hydrogen-bond donors (Lipinski definition) is 3. The van der Waals surface area contributed by atoms with E-state index in [0.29, 0.717) is 22.2 Å². The molecule has 1 atom stereocenters. The molecule has 0 bridgehead atoms. The molecule has 4 heterocycles. The fraction of sp³-hybridized carbons (Fsp3) is 0.423. The minimum absolute atomic E-state index is 0.220. The molecule has 2 fully saturated rings. The minimum Gasteiger partial charge on any atom is -0.357 e. The van der Waals surface area contributed by atoms with Crippen molar-refractivity contribution in [3.8, 4) is 11.3 Å². The van der Waals surface area contributed by atoms with Gasteiger partial charge in [0.15, 0.2) is 0 Å². The molecule has 1 saturated carbocycles. The van der Waals surface area contributed by atoms with Crippen molar-refractivity contribution < 1.29 is 13.2 Å². The Morgan fingerprint density at radius 1 is 1.19 bits per heavy atom. The number of nitrogens with one attached hydrogen (secondary N) is 3. The first-order valence-corrected chi connectivity index (χ1v) is 13.2. The Labute approximate surface area is 216 Å². The van der Waals surface area contributed by atoms with E-state index >= 15 is 0 Å². The molecule has 4 aromatic rings. The third-order valence-corrected chi connectivity index (χ3v) is 8.44. The molecule has 3 aromatic heterocycles. The number of thiophene rings is 1. The molecule has 0 amide bonds. The number of hydrogen-bond acceptors (Lipinski definition) is 7. The van der Waals surface area contributed by atoms with Crippen molar-refractivity contribution in [1.82, 2.24) is 25.5 Å². The molecule has 1 spiro atoms. The van der Waals surface area contributed by atoms with E-state index in [0.717, 1.165) is 67.3 Å². The summed E-state index contributed by atoms with van der Waals surface area (Å²) in [5.74, 6) is 1.17. The second-order valence-corrected chi connectivity index (χ2v) is 11.3. The van der Waals surface area contributed by atoms with Crippen molar-refractivity contribution >= 4 is 33.3 Å². The summed E-state index contributed by atoms with van der Waals surface area (Å²) in [6, 6.07) is 12.5. The Bertz CT molecular complexity index is 1390. The summed E-state index contributed by atoms with van der Waals surface area (Å²) < 4.78 is 38.9. The number of aromatic amines is 1. The lowest BCUT2D eigenvalue weighted by molar-refractivity contribution is -0.126. The molecule has 7 nitrogen and oxygen atoms in total. The minimum atomic E-state index is -4.24. The van der Waals surface area contributed by atoms with Gasteiger partial charge in [-0.15, -0.1) is 11.3 Å². The van der Waals surface area contributed by atoms with Gasteiger partial charge in [0.05, 0.1) is 17.5 Å². The number of aromatic nitrogens is 4. The highest BCUT2D eigenvalue weighted by atomic mass is 32.1. The summed E-state index contributed by atoms with van der Waals surface area (Å²) >= 11 is 1.10. The third kappa shape index (κ3) is 5.02. The van der Waals surface area contributed by atoms with Gasteiger partial charge in [0.2, 0.25) is 5.95 Å². The summed E-state index contributed by atoms with van der Waals surface area (Å²) in [5, 5.41) is 14.5. The van der Waals surface area contributed by atoms with Gasteiger partial charge >= 0.3 is 6.18 Å². The van der Waals surface area contributed by atoms with Gasteiger partial charge in [-0.3, -0.25) is 5.10 Å². The third-order valence-electron chi connectivity index (χ3n) is 7.41. The molecule has 6 rings (SSSR count). The fourth-order valence-corrected chi connectivity index (χ4v) is 6.76. The Kier molecular flexibility index (Phi) is 6.07. The van der Waals surface area contributed by atoms with Crippen molar-refractivity contribution in [3.63, 3.8) is 0 Å². The topological polar surface area (TPSA) is 81.8 Å². The Morgan fingerprint density at radius 3 is 2.81 bits per heavy atom. The van der Waals surface area contributed by atoms with E-state index in [4.69, 9.17) is 0 Å². The van der Waals surface area contributed by atoms with E-state index in [-0.39, 0.29) is 10.3 Å². The average Bonchev–Trinajstić information content (AvgIpc) is 3.60. The second kappa shape index (κ2) is 9.29. The smallest absolute Gasteiger partial charge is 0.357 e. The maximum Gasteiger partial charge on any atom is 0.393 e. The molecular weight excluding hydrogens is 499 g/mol. The van der Waals surface area contributed by atoms with Gasteiger partial charge in [-0.2, -0.15) is 23.3 Å². The number of H-pyrrole nitrogens is 1. The Hall–Kier alpha value is -3.18. The molecule has 2 aliphatic rings. The molecule has 37 heavy (non-hydrogen) atoms. The van der Waals surface area contributed by atoms with Crippen LogP contribution in [0.2, 0.25) is 0 Å². The van der Waals surface area contributed by atoms with E-state index in [2.05, 4.69) is 60.0 Å². The summed E-state index contributed by atoms with van der Waals surface area (Å²) in [7, 11) is 1.73. The number of rotatable bonds is 7. The van der Waals surface area contributed by atoms with Crippen LogP contribution in [-0.4, -0.2) is 52.5 Å². The SMILES string of the molecule is CNc1nc(N2CC3(CCC(NCc4cccc(-c5ccn[nH]5)c4)C3)C2)c2cc(CC(F)(F)F)sc2n1. The monoisotopic (exact) mass is 527 g/mol. The van der Waals surface area contributed by atoms with Gasteiger partial charge < -0.3 is 15.5 Å². The van der Waals surface area contributed by atoms with Crippen molar-refractivity contribution in [2.45, 2.75) is 44.4 Å². The zero-order valence-electron chi connectivity index (χ0n) is 20.4. The van der Waals surface area contributed by atoms with Crippen molar-refractivity contribution in [2.24, 2.45) is 5.41 Å². The highest BCUT2D eigenvalue weighted by Crippen LogP contribution is 2.48. The summed E-state index contributed by atoms with van der Waals surface area (Å²) in [5.41, 5.74) is 3.58. The van der Waals surface area contributed by atoms with Crippen molar-refractivity contribution in [3.05, 3.63) is 53.0 Å². The van der Waals surface area contributed by atoms with Gasteiger partial charge in [0.25, 0.3) is 0 Å². The standard InChI is InChI=1S/C26H28F3N7S/c1-30-24-33-22(20-10-19(12-26(27,28)29)37-23(20)34-24)36-14-25(15-36)7-5-18(11-25)31-13-16-3-2-4-17(9-16)21-6-8-32-35-21/h2-4,6,8-10,18,31H,5,7,11-15H2,1H3,(H,32,35)(H,30,33,34). The van der Waals surface area contributed by atoms with Crippen LogP contribution in [0.15, 0.2) is 42.6 Å². The molecule has 1 saturated heterocycles. The van der Waals surface area contributed by atoms with Crippen LogP contribution in [0.4, 0.5) is 24.9 Å². The Morgan fingerprint density at radius 2 is 2.05 bits per heavy atom. The number of nitrogens with zero attached hydrogens (tertiary/aromatic N) is 4. The first-order chi connectivity index (χ1) is 17.8. The lowest BCUT2D eigenvalue weighted by Gasteiger charge is -2.49. The van der Waals surface area contributed by atoms with E-state index in [9.17, 15) is 13.2 Å². The second-order valence-electron chi connectivity index (χ2n) is 10.2. The Balaban J connectivity index is 1.11. The van der Waals surface area contributed by atoms with Gasteiger partial charge in [-0.25, -0.2) is 4.98 Å². The van der Waals surface area contributed by atoms with E-state index in [1.807, 2.05) is 6.07 Å². The number of fused-ring (bicyclic) bond motifs is 1. The van der Waals surface area contributed by atoms with Gasteiger partial charge in [-0.05, 0) is 48.6 Å². The zero-order chi connectivity index (χ0) is 25.6. The van der Waals surface area contributed by atoms with Gasteiger partial charge in [0, 0.05) is 49.2 Å². The average molecular weight is 528 g/mol. The van der Waals surface area contributed by atoms with Crippen molar-refractivity contribution in [2.75, 3.05) is 30.4 Å². The summed E-state index contributed by atoms with van der Waals surface area (Å²) in [6.45, 7) is 2.53. The van der Waals surface area contributed by atoms with Crippen LogP contribution >= 0.6 is 11.3 Å². The normalized spacial score (nSPS) is 19.0. The lowest BCUT2D eigenvalue weighted by Crippen LogP contribution is -2.56. The molecule has 0 radical (unpaired) electrons. The van der Waals surface area contributed by atoms with Crippen LogP contribution < -0.4 is 15.5 Å². The van der Waals surface area contributed by atoms with Gasteiger partial charge in [0.1, 0.15) is 10.6 Å². The van der Waals surface area contributed by atoms with Crippen LogP contribution in [0, 0.1) is 5.41 Å². The molecule has 1 aromatic carbocycles. The first-order valence-electron chi connectivity index (χ1n) is 12.4. The lowest BCUT2D eigenvalue weighted by atomic mass is 9.78. The van der Waals surface area contributed by atoms with E-state index in [1.54, 1.807) is 19.3 Å². The highest BCUT2D eigenvalue weighted by molar-refractivity contribution is 7.18. The van der Waals surface area contributed by atoms with E-state index < -0.39 is 12.6 Å². The quantitative estimate of drug-likeness (QED) is 0.300. The largest absolute Gasteiger partial charge is 0.393 e. The predicted octanol–water partition coefficient (Wildman–Crippen LogP) is 5.38. The molecule has 1 aliphatic heterocycles. The molecule has 194 valence electrons. The molecule has 11 heteroatoms. The molecular formula is C26H28F3N7S. The van der Waals surface area contributed by atoms with Crippen molar-refractivity contribution in [1.29, 1.82) is 0 Å². The predicted molar refractivity (Wildman–Crippen MR) is 140 cm³/mol. The van der Waals surface area contributed by atoms with Crippen LogP contribution in [0.5, 0.6) is 0 Å². The van der Waals surface area contributed by atoms with Crippen LogP contribution in [0.3, 0.4) is 0 Å². The first kappa shape index (κ1) is 24.2. The molecule has 1 unspecified atom stereocenters. The van der Waals surface area contributed by atoms with Crippen LogP contribution in [-0.2, 0) is 13.0 Å². The summed E-state index contributed by atoms with van der Waals surface area (Å²) in [4.78, 5) is 12.1. The van der Waals surface area contributed by atoms with Crippen LogP contribution in [0.1, 0.15) is 29.7 Å². The number of benzene rings is 1. The molecule has 3 N–H and O–H groups in total. The maximum absolute atomic E-state index is 13.0. The van der Waals surface area contributed by atoms with Crippen LogP contribution in [0.25, 0.3) is 21.5 Å². The number of anilines is 2. The van der Waals surface area contributed by atoms with Gasteiger partial charge in [-0.1, -0.05) is 18.2 Å². The zero-order valence-corrected chi connectivity index (χ0v) is 21.2.